The van der Waals surface area contributed by atoms with Crippen LogP contribution in [-0.4, -0.2) is 17.1 Å². The third-order valence-corrected chi connectivity index (χ3v) is 1.33. The molecule has 3 N–H and O–H groups in total. The standard InChI is InChI=1S/C9H17NO2/c1-9(2,3)6-4-5-7(10)8(11)12/h4,6-7H,5,10H2,1-3H3,(H,11,12)/b6-4-. The van der Waals surface area contributed by atoms with Crippen molar-refractivity contribution in [2.45, 2.75) is 33.2 Å². The van der Waals surface area contributed by atoms with Crippen molar-refractivity contribution in [3.05, 3.63) is 12.2 Å². The summed E-state index contributed by atoms with van der Waals surface area (Å²) >= 11 is 0. The minimum absolute atomic E-state index is 0.0955. The van der Waals surface area contributed by atoms with Crippen molar-refractivity contribution in [2.75, 3.05) is 0 Å². The van der Waals surface area contributed by atoms with Crippen LogP contribution < -0.4 is 5.73 Å². The maximum atomic E-state index is 10.3. The second-order valence-corrected chi connectivity index (χ2v) is 3.95. The van der Waals surface area contributed by atoms with E-state index in [4.69, 9.17) is 10.8 Å². The first kappa shape index (κ1) is 11.2. The molecule has 0 aromatic heterocycles. The fourth-order valence-corrected chi connectivity index (χ4v) is 0.669. The van der Waals surface area contributed by atoms with Gasteiger partial charge in [0, 0.05) is 0 Å². The Balaban J connectivity index is 3.83. The van der Waals surface area contributed by atoms with Crippen molar-refractivity contribution in [1.82, 2.24) is 0 Å². The molecule has 0 aliphatic rings. The minimum Gasteiger partial charge on any atom is -0.480 e. The minimum atomic E-state index is -0.950. The molecule has 70 valence electrons. The van der Waals surface area contributed by atoms with E-state index in [-0.39, 0.29) is 5.41 Å². The van der Waals surface area contributed by atoms with Crippen molar-refractivity contribution in [2.24, 2.45) is 11.1 Å². The lowest BCUT2D eigenvalue weighted by Gasteiger charge is -2.11. The molecule has 3 nitrogen and oxygen atoms in total. The van der Waals surface area contributed by atoms with Crippen LogP contribution >= 0.6 is 0 Å². The van der Waals surface area contributed by atoms with Gasteiger partial charge in [0.1, 0.15) is 6.04 Å². The molecule has 0 aromatic carbocycles. The van der Waals surface area contributed by atoms with Crippen LogP contribution in [0.2, 0.25) is 0 Å². The molecule has 3 heteroatoms. The second-order valence-electron chi connectivity index (χ2n) is 3.95. The number of rotatable bonds is 3. The van der Waals surface area contributed by atoms with E-state index < -0.39 is 12.0 Å². The quantitative estimate of drug-likeness (QED) is 0.631. The molecule has 0 rings (SSSR count). The highest BCUT2D eigenvalue weighted by atomic mass is 16.4. The predicted molar refractivity (Wildman–Crippen MR) is 48.8 cm³/mol. The van der Waals surface area contributed by atoms with Gasteiger partial charge in [-0.2, -0.15) is 0 Å². The monoisotopic (exact) mass is 171 g/mol. The van der Waals surface area contributed by atoms with Crippen LogP contribution in [0.25, 0.3) is 0 Å². The van der Waals surface area contributed by atoms with E-state index in [0.717, 1.165) is 0 Å². The Bertz CT molecular complexity index is 179. The largest absolute Gasteiger partial charge is 0.480 e. The van der Waals surface area contributed by atoms with Crippen LogP contribution in [-0.2, 0) is 4.79 Å². The fraction of sp³-hybridized carbons (Fsp3) is 0.667. The van der Waals surface area contributed by atoms with Crippen molar-refractivity contribution < 1.29 is 9.90 Å². The van der Waals surface area contributed by atoms with Crippen molar-refractivity contribution in [1.29, 1.82) is 0 Å². The summed E-state index contributed by atoms with van der Waals surface area (Å²) in [6.07, 6.45) is 4.18. The molecular weight excluding hydrogens is 154 g/mol. The zero-order valence-electron chi connectivity index (χ0n) is 7.87. The molecule has 0 spiro atoms. The maximum Gasteiger partial charge on any atom is 0.320 e. The van der Waals surface area contributed by atoms with E-state index in [2.05, 4.69) is 20.8 Å². The van der Waals surface area contributed by atoms with E-state index in [1.165, 1.54) is 0 Å². The summed E-state index contributed by atoms with van der Waals surface area (Å²) in [5, 5.41) is 8.45. The van der Waals surface area contributed by atoms with Crippen LogP contribution in [0.4, 0.5) is 0 Å². The molecular formula is C9H17NO2. The molecule has 0 radical (unpaired) electrons. The number of carbonyl (C=O) groups is 1. The number of carboxylic acids is 1. The van der Waals surface area contributed by atoms with Crippen LogP contribution in [0.15, 0.2) is 12.2 Å². The highest BCUT2D eigenvalue weighted by Gasteiger charge is 2.09. The van der Waals surface area contributed by atoms with Crippen molar-refractivity contribution >= 4 is 5.97 Å². The third kappa shape index (κ3) is 5.92. The Labute approximate surface area is 73.3 Å². The van der Waals surface area contributed by atoms with Crippen molar-refractivity contribution in [3.8, 4) is 0 Å². The molecule has 0 bridgehead atoms. The predicted octanol–water partition coefficient (Wildman–Crippen LogP) is 1.39. The Kier molecular flexibility index (Phi) is 3.96. The summed E-state index contributed by atoms with van der Waals surface area (Å²) in [7, 11) is 0. The molecule has 0 saturated heterocycles. The average molecular weight is 171 g/mol. The number of nitrogens with two attached hydrogens (primary N) is 1. The summed E-state index contributed by atoms with van der Waals surface area (Å²) in [6, 6.07) is -0.774. The van der Waals surface area contributed by atoms with Gasteiger partial charge in [-0.3, -0.25) is 4.79 Å². The molecule has 0 fully saturated rings. The number of hydrogen-bond acceptors (Lipinski definition) is 2. The number of allylic oxidation sites excluding steroid dienone is 1. The summed E-state index contributed by atoms with van der Waals surface area (Å²) in [4.78, 5) is 10.3. The highest BCUT2D eigenvalue weighted by molar-refractivity contribution is 5.73. The van der Waals surface area contributed by atoms with Gasteiger partial charge in [0.15, 0.2) is 0 Å². The molecule has 1 atom stereocenters. The molecule has 0 aliphatic carbocycles. The summed E-state index contributed by atoms with van der Waals surface area (Å²) in [5.74, 6) is -0.950. The van der Waals surface area contributed by atoms with Gasteiger partial charge in [-0.05, 0) is 11.8 Å². The number of carboxylic acid groups (broad SMARTS) is 1. The zero-order valence-corrected chi connectivity index (χ0v) is 7.87. The molecule has 0 saturated carbocycles. The zero-order chi connectivity index (χ0) is 9.78. The van der Waals surface area contributed by atoms with Gasteiger partial charge < -0.3 is 10.8 Å². The molecule has 0 aliphatic heterocycles. The normalized spacial score (nSPS) is 15.0. The van der Waals surface area contributed by atoms with Gasteiger partial charge in [0.05, 0.1) is 0 Å². The smallest absolute Gasteiger partial charge is 0.320 e. The van der Waals surface area contributed by atoms with E-state index >= 15 is 0 Å². The first-order valence-electron chi connectivity index (χ1n) is 3.99. The molecule has 1 unspecified atom stereocenters. The third-order valence-electron chi connectivity index (χ3n) is 1.33. The van der Waals surface area contributed by atoms with Gasteiger partial charge in [-0.25, -0.2) is 0 Å². The first-order chi connectivity index (χ1) is 5.33. The lowest BCUT2D eigenvalue weighted by Crippen LogP contribution is -2.29. The van der Waals surface area contributed by atoms with Gasteiger partial charge in [0.2, 0.25) is 0 Å². The van der Waals surface area contributed by atoms with E-state index in [1.807, 2.05) is 12.2 Å². The Morgan fingerprint density at radius 2 is 2.08 bits per heavy atom. The number of aliphatic carboxylic acids is 1. The number of hydrogen-bond donors (Lipinski definition) is 2. The van der Waals surface area contributed by atoms with Gasteiger partial charge in [-0.1, -0.05) is 32.9 Å². The van der Waals surface area contributed by atoms with Crippen LogP contribution in [0.5, 0.6) is 0 Å². The van der Waals surface area contributed by atoms with Gasteiger partial charge in [-0.15, -0.1) is 0 Å². The molecule has 0 heterocycles. The average Bonchev–Trinajstić information content (AvgIpc) is 1.84. The lowest BCUT2D eigenvalue weighted by molar-refractivity contribution is -0.138. The topological polar surface area (TPSA) is 63.3 Å². The Hall–Kier alpha value is -0.830. The maximum absolute atomic E-state index is 10.3. The summed E-state index contributed by atoms with van der Waals surface area (Å²) in [6.45, 7) is 6.15. The molecule has 0 amide bonds. The fourth-order valence-electron chi connectivity index (χ4n) is 0.669. The first-order valence-corrected chi connectivity index (χ1v) is 3.99. The molecule has 12 heavy (non-hydrogen) atoms. The SMILES string of the molecule is CC(C)(C)/C=C\CC(N)C(=O)O. The van der Waals surface area contributed by atoms with Crippen LogP contribution in [0.3, 0.4) is 0 Å². The lowest BCUT2D eigenvalue weighted by atomic mass is 9.95. The van der Waals surface area contributed by atoms with E-state index in [0.29, 0.717) is 6.42 Å². The van der Waals surface area contributed by atoms with Crippen LogP contribution in [0.1, 0.15) is 27.2 Å². The Morgan fingerprint density at radius 3 is 2.42 bits per heavy atom. The summed E-state index contributed by atoms with van der Waals surface area (Å²) < 4.78 is 0. The van der Waals surface area contributed by atoms with Gasteiger partial charge in [0.25, 0.3) is 0 Å². The Morgan fingerprint density at radius 1 is 1.58 bits per heavy atom. The molecule has 0 aromatic rings. The van der Waals surface area contributed by atoms with Crippen LogP contribution in [0, 0.1) is 5.41 Å². The van der Waals surface area contributed by atoms with E-state index in [1.54, 1.807) is 0 Å². The highest BCUT2D eigenvalue weighted by Crippen LogP contribution is 2.14. The van der Waals surface area contributed by atoms with Gasteiger partial charge >= 0.3 is 5.97 Å². The second kappa shape index (κ2) is 4.26. The van der Waals surface area contributed by atoms with E-state index in [9.17, 15) is 4.79 Å². The van der Waals surface area contributed by atoms with Crippen molar-refractivity contribution in [3.63, 3.8) is 0 Å². The summed E-state index contributed by atoms with van der Waals surface area (Å²) in [5.41, 5.74) is 5.39.